The monoisotopic (exact) mass is 417 g/mol. The van der Waals surface area contributed by atoms with Crippen LogP contribution < -0.4 is 10.6 Å². The number of nitrogens with zero attached hydrogens (tertiary/aromatic N) is 2. The molecular weight excluding hydrogens is 397 g/mol. The van der Waals surface area contributed by atoms with Crippen LogP contribution in [0.1, 0.15) is 15.9 Å². The minimum Gasteiger partial charge on any atom is -0.368 e. The van der Waals surface area contributed by atoms with E-state index in [-0.39, 0.29) is 5.56 Å². The van der Waals surface area contributed by atoms with E-state index in [0.717, 1.165) is 32.7 Å². The number of halogens is 2. The van der Waals surface area contributed by atoms with Crippen molar-refractivity contribution < 1.29 is 9.18 Å². The lowest BCUT2D eigenvalue weighted by Crippen LogP contribution is -2.47. The molecule has 2 aromatic rings. The number of rotatable bonds is 5. The van der Waals surface area contributed by atoms with Gasteiger partial charge in [0.2, 0.25) is 0 Å². The smallest absolute Gasteiger partial charge is 0.253 e. The van der Waals surface area contributed by atoms with E-state index < -0.39 is 11.7 Å². The number of carbonyl (C=O) groups is 1. The maximum atomic E-state index is 14.1. The number of nitrogens with two attached hydrogens (primary N) is 1. The van der Waals surface area contributed by atoms with E-state index in [1.54, 1.807) is 6.07 Å². The topological polar surface area (TPSA) is 49.6 Å². The van der Waals surface area contributed by atoms with Gasteiger partial charge in [-0.1, -0.05) is 58.4 Å². The molecule has 26 heavy (non-hydrogen) atoms. The third kappa shape index (κ3) is 4.51. The van der Waals surface area contributed by atoms with Gasteiger partial charge in [-0.25, -0.2) is 4.39 Å². The fourth-order valence-corrected chi connectivity index (χ4v) is 3.54. The fraction of sp³-hybridized carbons (Fsp3) is 0.250. The molecule has 4 nitrogen and oxygen atoms in total. The van der Waals surface area contributed by atoms with Gasteiger partial charge in [-0.3, -0.25) is 9.69 Å². The van der Waals surface area contributed by atoms with E-state index in [2.05, 4.69) is 45.1 Å². The molecule has 2 aromatic carbocycles. The van der Waals surface area contributed by atoms with Crippen LogP contribution in [0.3, 0.4) is 0 Å². The van der Waals surface area contributed by atoms with Crippen molar-refractivity contribution in [1.82, 2.24) is 4.90 Å². The summed E-state index contributed by atoms with van der Waals surface area (Å²) in [7, 11) is 0. The lowest BCUT2D eigenvalue weighted by atomic mass is 10.1. The van der Waals surface area contributed by atoms with Gasteiger partial charge in [0.05, 0.1) is 11.3 Å². The molecule has 1 fully saturated rings. The van der Waals surface area contributed by atoms with Crippen LogP contribution in [0.2, 0.25) is 0 Å². The van der Waals surface area contributed by atoms with E-state index >= 15 is 0 Å². The molecule has 1 saturated heterocycles. The van der Waals surface area contributed by atoms with Gasteiger partial charge < -0.3 is 10.6 Å². The van der Waals surface area contributed by atoms with Gasteiger partial charge in [0.1, 0.15) is 5.82 Å². The Kier molecular flexibility index (Phi) is 6.06. The van der Waals surface area contributed by atoms with Gasteiger partial charge in [-0.2, -0.15) is 0 Å². The molecule has 1 aliphatic heterocycles. The average Bonchev–Trinajstić information content (AvgIpc) is 2.62. The molecule has 0 aliphatic carbocycles. The zero-order valence-electron chi connectivity index (χ0n) is 14.4. The molecule has 0 aromatic heterocycles. The highest BCUT2D eigenvalue weighted by atomic mass is 79.9. The van der Waals surface area contributed by atoms with Crippen molar-refractivity contribution in [2.45, 2.75) is 0 Å². The van der Waals surface area contributed by atoms with Crippen LogP contribution in [0.15, 0.2) is 53.0 Å². The van der Waals surface area contributed by atoms with E-state index in [1.165, 1.54) is 11.6 Å². The summed E-state index contributed by atoms with van der Waals surface area (Å²) in [6.07, 6.45) is 4.26. The molecule has 0 atom stereocenters. The van der Waals surface area contributed by atoms with Crippen LogP contribution >= 0.6 is 15.9 Å². The highest BCUT2D eigenvalue weighted by molar-refractivity contribution is 9.10. The standard InChI is InChI=1S/C20H21BrFN3O/c21-16-13-17(22)19(20(23)26)18(14-16)25-11-9-24(10-12-25)8-4-7-15-5-2-1-3-6-15/h1-7,13-14H,8-12H2,(H2,23,26)/b7-4+. The Morgan fingerprint density at radius 1 is 1.15 bits per heavy atom. The average molecular weight is 418 g/mol. The molecule has 6 heteroatoms. The van der Waals surface area contributed by atoms with E-state index in [1.807, 2.05) is 23.1 Å². The van der Waals surface area contributed by atoms with E-state index in [4.69, 9.17) is 5.73 Å². The molecule has 0 bridgehead atoms. The van der Waals surface area contributed by atoms with Gasteiger partial charge in [0.15, 0.2) is 0 Å². The van der Waals surface area contributed by atoms with Crippen LogP contribution in [0.25, 0.3) is 6.08 Å². The molecule has 0 saturated carbocycles. The summed E-state index contributed by atoms with van der Waals surface area (Å²) in [6.45, 7) is 3.97. The molecule has 1 aliphatic rings. The highest BCUT2D eigenvalue weighted by Crippen LogP contribution is 2.28. The summed E-state index contributed by atoms with van der Waals surface area (Å²) in [5.74, 6) is -1.33. The van der Waals surface area contributed by atoms with Crippen molar-refractivity contribution in [3.05, 3.63) is 70.0 Å². The lowest BCUT2D eigenvalue weighted by Gasteiger charge is -2.36. The van der Waals surface area contributed by atoms with E-state index in [9.17, 15) is 9.18 Å². The normalized spacial score (nSPS) is 15.5. The second-order valence-electron chi connectivity index (χ2n) is 6.25. The first-order valence-corrected chi connectivity index (χ1v) is 9.31. The molecule has 1 amide bonds. The third-order valence-corrected chi connectivity index (χ3v) is 4.92. The van der Waals surface area contributed by atoms with Crippen LogP contribution in [-0.4, -0.2) is 43.5 Å². The number of hydrogen-bond acceptors (Lipinski definition) is 3. The third-order valence-electron chi connectivity index (χ3n) is 4.47. The molecule has 2 N–H and O–H groups in total. The molecular formula is C20H21BrFN3O. The molecule has 3 rings (SSSR count). The second kappa shape index (κ2) is 8.47. The molecule has 0 unspecified atom stereocenters. The van der Waals surface area contributed by atoms with Crippen LogP contribution in [0.4, 0.5) is 10.1 Å². The first-order chi connectivity index (χ1) is 12.5. The summed E-state index contributed by atoms with van der Waals surface area (Å²) >= 11 is 3.29. The van der Waals surface area contributed by atoms with Gasteiger partial charge in [-0.05, 0) is 17.7 Å². The van der Waals surface area contributed by atoms with Crippen molar-refractivity contribution >= 4 is 33.6 Å². The Bertz CT molecular complexity index is 802. The number of hydrogen-bond donors (Lipinski definition) is 1. The molecule has 136 valence electrons. The fourth-order valence-electron chi connectivity index (χ4n) is 3.13. The zero-order valence-corrected chi connectivity index (χ0v) is 16.0. The minimum absolute atomic E-state index is 0.0365. The quantitative estimate of drug-likeness (QED) is 0.809. The maximum Gasteiger partial charge on any atom is 0.253 e. The maximum absolute atomic E-state index is 14.1. The molecule has 0 radical (unpaired) electrons. The Labute approximate surface area is 161 Å². The van der Waals surface area contributed by atoms with Crippen LogP contribution in [0.5, 0.6) is 0 Å². The number of primary amides is 1. The second-order valence-corrected chi connectivity index (χ2v) is 7.16. The van der Waals surface area contributed by atoms with Crippen molar-refractivity contribution in [2.24, 2.45) is 5.73 Å². The van der Waals surface area contributed by atoms with Gasteiger partial charge in [0.25, 0.3) is 5.91 Å². The lowest BCUT2D eigenvalue weighted by molar-refractivity contribution is 0.0997. The van der Waals surface area contributed by atoms with Crippen molar-refractivity contribution in [1.29, 1.82) is 0 Å². The number of anilines is 1. The van der Waals surface area contributed by atoms with Crippen molar-refractivity contribution in [2.75, 3.05) is 37.6 Å². The van der Waals surface area contributed by atoms with Crippen LogP contribution in [-0.2, 0) is 0 Å². The predicted molar refractivity (Wildman–Crippen MR) is 107 cm³/mol. The van der Waals surface area contributed by atoms with Gasteiger partial charge >= 0.3 is 0 Å². The number of piperazine rings is 1. The Morgan fingerprint density at radius 2 is 1.85 bits per heavy atom. The number of amides is 1. The van der Waals surface area contributed by atoms with Crippen molar-refractivity contribution in [3.8, 4) is 0 Å². The Hall–Kier alpha value is -2.18. The summed E-state index contributed by atoms with van der Waals surface area (Å²) in [6, 6.07) is 13.2. The molecule has 0 spiro atoms. The minimum atomic E-state index is -0.738. The SMILES string of the molecule is NC(=O)c1c(F)cc(Br)cc1N1CCN(C/C=C/c2ccccc2)CC1. The van der Waals surface area contributed by atoms with Gasteiger partial charge in [-0.15, -0.1) is 0 Å². The van der Waals surface area contributed by atoms with Crippen LogP contribution in [0, 0.1) is 5.82 Å². The summed E-state index contributed by atoms with van der Waals surface area (Å²) < 4.78 is 14.7. The Morgan fingerprint density at radius 3 is 2.50 bits per heavy atom. The first kappa shape index (κ1) is 18.6. The largest absolute Gasteiger partial charge is 0.368 e. The Balaban J connectivity index is 1.62. The number of carbonyl (C=O) groups excluding carboxylic acids is 1. The van der Waals surface area contributed by atoms with E-state index in [0.29, 0.717) is 10.2 Å². The molecule has 1 heterocycles. The zero-order chi connectivity index (χ0) is 18.5. The predicted octanol–water partition coefficient (Wildman–Crippen LogP) is 3.52. The van der Waals surface area contributed by atoms with Gasteiger partial charge in [0, 0.05) is 37.2 Å². The summed E-state index contributed by atoms with van der Waals surface area (Å²) in [5.41, 5.74) is 7.08. The first-order valence-electron chi connectivity index (χ1n) is 8.52. The summed E-state index contributed by atoms with van der Waals surface area (Å²) in [4.78, 5) is 16.0. The van der Waals surface area contributed by atoms with Crippen molar-refractivity contribution in [3.63, 3.8) is 0 Å². The summed E-state index contributed by atoms with van der Waals surface area (Å²) in [5, 5.41) is 0. The highest BCUT2D eigenvalue weighted by Gasteiger charge is 2.23. The number of benzene rings is 2.